The summed E-state index contributed by atoms with van der Waals surface area (Å²) in [5.74, 6) is -0.272. The second kappa shape index (κ2) is 10.6. The summed E-state index contributed by atoms with van der Waals surface area (Å²) in [6.45, 7) is 4.29. The van der Waals surface area contributed by atoms with Crippen LogP contribution < -0.4 is 11.1 Å². The molecule has 1 aromatic rings. The van der Waals surface area contributed by atoms with E-state index in [0.29, 0.717) is 12.1 Å². The molecular formula is C17H26ClF3N2O. The molecule has 2 unspecified atom stereocenters. The molecule has 0 bridgehead atoms. The molecule has 0 aliphatic heterocycles. The fourth-order valence-corrected chi connectivity index (χ4v) is 2.38. The first-order chi connectivity index (χ1) is 10.8. The van der Waals surface area contributed by atoms with Crippen LogP contribution in [0.25, 0.3) is 0 Å². The van der Waals surface area contributed by atoms with Crippen molar-refractivity contribution >= 4 is 18.3 Å². The van der Waals surface area contributed by atoms with Gasteiger partial charge in [-0.05, 0) is 30.0 Å². The van der Waals surface area contributed by atoms with Crippen LogP contribution in [-0.2, 0) is 11.0 Å². The van der Waals surface area contributed by atoms with Gasteiger partial charge in [0.05, 0.1) is 5.56 Å². The molecule has 0 spiro atoms. The second-order valence-corrected chi connectivity index (χ2v) is 5.87. The van der Waals surface area contributed by atoms with E-state index in [1.54, 1.807) is 0 Å². The highest BCUT2D eigenvalue weighted by atomic mass is 35.5. The number of halogens is 4. The largest absolute Gasteiger partial charge is 0.416 e. The van der Waals surface area contributed by atoms with Crippen LogP contribution >= 0.6 is 12.4 Å². The Bertz CT molecular complexity index is 492. The Hall–Kier alpha value is -1.27. The highest BCUT2D eigenvalue weighted by Gasteiger charge is 2.30. The van der Waals surface area contributed by atoms with Crippen molar-refractivity contribution in [3.05, 3.63) is 35.4 Å². The predicted molar refractivity (Wildman–Crippen MR) is 92.2 cm³/mol. The number of nitrogens with one attached hydrogen (secondary N) is 1. The molecule has 0 heterocycles. The number of benzene rings is 1. The fraction of sp³-hybridized carbons (Fsp3) is 0.588. The van der Waals surface area contributed by atoms with Crippen LogP contribution in [0.4, 0.5) is 13.2 Å². The molecule has 3 nitrogen and oxygen atoms in total. The third kappa shape index (κ3) is 7.53. The first-order valence-electron chi connectivity index (χ1n) is 7.94. The summed E-state index contributed by atoms with van der Waals surface area (Å²) in [6, 6.07) is 4.92. The van der Waals surface area contributed by atoms with E-state index in [9.17, 15) is 18.0 Å². The molecule has 0 radical (unpaired) electrons. The lowest BCUT2D eigenvalue weighted by Crippen LogP contribution is -2.40. The topological polar surface area (TPSA) is 55.1 Å². The van der Waals surface area contributed by atoms with Gasteiger partial charge in [0.25, 0.3) is 0 Å². The number of alkyl halides is 3. The number of unbranched alkanes of at least 4 members (excludes halogenated alkanes) is 1. The van der Waals surface area contributed by atoms with E-state index >= 15 is 0 Å². The molecule has 7 heteroatoms. The molecule has 1 amide bonds. The summed E-state index contributed by atoms with van der Waals surface area (Å²) in [4.78, 5) is 12.0. The number of rotatable bonds is 8. The normalized spacial score (nSPS) is 13.8. The average Bonchev–Trinajstić information content (AvgIpc) is 2.50. The van der Waals surface area contributed by atoms with E-state index in [2.05, 4.69) is 12.2 Å². The van der Waals surface area contributed by atoms with Crippen molar-refractivity contribution in [2.45, 2.75) is 57.7 Å². The van der Waals surface area contributed by atoms with Gasteiger partial charge in [0, 0.05) is 19.0 Å². The van der Waals surface area contributed by atoms with Gasteiger partial charge in [0.15, 0.2) is 0 Å². The number of nitrogens with two attached hydrogens (primary N) is 1. The van der Waals surface area contributed by atoms with Crippen molar-refractivity contribution in [3.63, 3.8) is 0 Å². The van der Waals surface area contributed by atoms with Crippen LogP contribution in [0.2, 0.25) is 0 Å². The number of carbonyl (C=O) groups excluding carboxylic acids is 1. The first kappa shape index (κ1) is 22.7. The Morgan fingerprint density at radius 1 is 1.25 bits per heavy atom. The fourth-order valence-electron chi connectivity index (χ4n) is 2.38. The summed E-state index contributed by atoms with van der Waals surface area (Å²) in [5.41, 5.74) is 5.67. The minimum atomic E-state index is -4.34. The van der Waals surface area contributed by atoms with Crippen molar-refractivity contribution in [1.29, 1.82) is 0 Å². The van der Waals surface area contributed by atoms with E-state index in [-0.39, 0.29) is 36.7 Å². The van der Waals surface area contributed by atoms with E-state index in [1.807, 2.05) is 6.92 Å². The number of amides is 1. The Balaban J connectivity index is 0.00000529. The van der Waals surface area contributed by atoms with Crippen LogP contribution in [0.5, 0.6) is 0 Å². The predicted octanol–water partition coefficient (Wildman–Crippen LogP) is 4.25. The summed E-state index contributed by atoms with van der Waals surface area (Å²) in [5, 5.41) is 2.89. The second-order valence-electron chi connectivity index (χ2n) is 5.87. The molecule has 0 aromatic heterocycles. The summed E-state index contributed by atoms with van der Waals surface area (Å²) >= 11 is 0. The monoisotopic (exact) mass is 366 g/mol. The summed E-state index contributed by atoms with van der Waals surface area (Å²) in [7, 11) is 0. The third-order valence-corrected chi connectivity index (χ3v) is 3.85. The Morgan fingerprint density at radius 2 is 1.83 bits per heavy atom. The summed E-state index contributed by atoms with van der Waals surface area (Å²) < 4.78 is 37.6. The molecule has 3 N–H and O–H groups in total. The van der Waals surface area contributed by atoms with Crippen molar-refractivity contribution in [2.75, 3.05) is 6.54 Å². The third-order valence-electron chi connectivity index (χ3n) is 3.85. The van der Waals surface area contributed by atoms with Gasteiger partial charge in [-0.3, -0.25) is 4.79 Å². The number of hydrogen-bond acceptors (Lipinski definition) is 2. The zero-order valence-corrected chi connectivity index (χ0v) is 14.8. The maximum Gasteiger partial charge on any atom is 0.416 e. The summed E-state index contributed by atoms with van der Waals surface area (Å²) in [6.07, 6.45) is -1.24. The maximum absolute atomic E-state index is 12.5. The van der Waals surface area contributed by atoms with Crippen molar-refractivity contribution < 1.29 is 18.0 Å². The number of hydrogen-bond donors (Lipinski definition) is 2. The van der Waals surface area contributed by atoms with E-state index in [0.717, 1.165) is 31.4 Å². The van der Waals surface area contributed by atoms with E-state index < -0.39 is 11.7 Å². The molecule has 1 rings (SSSR count). The average molecular weight is 367 g/mol. The maximum atomic E-state index is 12.5. The molecule has 24 heavy (non-hydrogen) atoms. The molecule has 0 fully saturated rings. The molecule has 1 aromatic carbocycles. The zero-order valence-electron chi connectivity index (χ0n) is 14.0. The number of carbonyl (C=O) groups is 1. The minimum Gasteiger partial charge on any atom is -0.352 e. The van der Waals surface area contributed by atoms with E-state index in [4.69, 9.17) is 5.73 Å². The van der Waals surface area contributed by atoms with Gasteiger partial charge in [-0.15, -0.1) is 12.4 Å². The van der Waals surface area contributed by atoms with Gasteiger partial charge in [-0.25, -0.2) is 0 Å². The highest BCUT2D eigenvalue weighted by Crippen LogP contribution is 2.30. The molecule has 2 atom stereocenters. The zero-order chi connectivity index (χ0) is 17.5. The highest BCUT2D eigenvalue weighted by molar-refractivity contribution is 5.85. The van der Waals surface area contributed by atoms with Crippen LogP contribution in [0.3, 0.4) is 0 Å². The quantitative estimate of drug-likeness (QED) is 0.722. The van der Waals surface area contributed by atoms with Crippen LogP contribution in [0.1, 0.15) is 56.6 Å². The SMILES string of the molecule is CCCCC(CN)NC(=O)CC(C)c1ccc(C(F)(F)F)cc1.Cl. The Morgan fingerprint density at radius 3 is 2.29 bits per heavy atom. The van der Waals surface area contributed by atoms with Gasteiger partial charge in [-0.2, -0.15) is 13.2 Å². The van der Waals surface area contributed by atoms with Crippen LogP contribution in [0.15, 0.2) is 24.3 Å². The van der Waals surface area contributed by atoms with E-state index in [1.165, 1.54) is 12.1 Å². The Labute approximate surface area is 147 Å². The van der Waals surface area contributed by atoms with Gasteiger partial charge in [0.2, 0.25) is 5.91 Å². The first-order valence-corrected chi connectivity index (χ1v) is 7.94. The molecule has 0 saturated heterocycles. The minimum absolute atomic E-state index is 0. The van der Waals surface area contributed by atoms with Gasteiger partial charge < -0.3 is 11.1 Å². The Kier molecular flexibility index (Phi) is 10.0. The lowest BCUT2D eigenvalue weighted by molar-refractivity contribution is -0.137. The lowest BCUT2D eigenvalue weighted by Gasteiger charge is -2.18. The van der Waals surface area contributed by atoms with Crippen molar-refractivity contribution in [2.24, 2.45) is 5.73 Å². The molecule has 138 valence electrons. The van der Waals surface area contributed by atoms with Crippen molar-refractivity contribution in [3.8, 4) is 0 Å². The molecular weight excluding hydrogens is 341 g/mol. The molecule has 0 aliphatic rings. The molecule has 0 saturated carbocycles. The van der Waals surface area contributed by atoms with Gasteiger partial charge in [-0.1, -0.05) is 38.8 Å². The van der Waals surface area contributed by atoms with Crippen molar-refractivity contribution in [1.82, 2.24) is 5.32 Å². The standard InChI is InChI=1S/C17H25F3N2O.ClH/c1-3-4-5-15(11-21)22-16(23)10-12(2)13-6-8-14(9-7-13)17(18,19)20;/h6-9,12,15H,3-5,10-11,21H2,1-2H3,(H,22,23);1H. The van der Waals surface area contributed by atoms with Crippen LogP contribution in [0, 0.1) is 0 Å². The van der Waals surface area contributed by atoms with Gasteiger partial charge >= 0.3 is 6.18 Å². The molecule has 0 aliphatic carbocycles. The van der Waals surface area contributed by atoms with Crippen LogP contribution in [-0.4, -0.2) is 18.5 Å². The lowest BCUT2D eigenvalue weighted by atomic mass is 9.96. The smallest absolute Gasteiger partial charge is 0.352 e. The van der Waals surface area contributed by atoms with Gasteiger partial charge in [0.1, 0.15) is 0 Å².